The van der Waals surface area contributed by atoms with Gasteiger partial charge in [-0.15, -0.1) is 0 Å². The van der Waals surface area contributed by atoms with Crippen LogP contribution in [0.25, 0.3) is 5.57 Å². The zero-order chi connectivity index (χ0) is 33.9. The maximum absolute atomic E-state index is 13.8. The molecule has 0 radical (unpaired) electrons. The number of alkyl halides is 2. The Bertz CT molecular complexity index is 1750. The molecule has 1 aliphatic carbocycles. The highest BCUT2D eigenvalue weighted by Crippen LogP contribution is 2.30. The van der Waals surface area contributed by atoms with E-state index >= 15 is 0 Å². The first-order valence-electron chi connectivity index (χ1n) is 15.2. The van der Waals surface area contributed by atoms with E-state index in [0.29, 0.717) is 16.9 Å². The van der Waals surface area contributed by atoms with Crippen molar-refractivity contribution < 1.29 is 37.9 Å². The lowest BCUT2D eigenvalue weighted by atomic mass is 9.93. The molecular weight excluding hydrogens is 610 g/mol. The predicted molar refractivity (Wildman–Crippen MR) is 172 cm³/mol. The van der Waals surface area contributed by atoms with Gasteiger partial charge in [0.2, 0.25) is 0 Å². The van der Waals surface area contributed by atoms with Crippen molar-refractivity contribution in [2.24, 2.45) is 0 Å². The van der Waals surface area contributed by atoms with Gasteiger partial charge in [-0.05, 0) is 98.7 Å². The predicted octanol–water partition coefficient (Wildman–Crippen LogP) is 6.34. The maximum atomic E-state index is 13.8. The molecule has 0 atom stereocenters. The van der Waals surface area contributed by atoms with Crippen LogP contribution in [0.3, 0.4) is 0 Å². The van der Waals surface area contributed by atoms with Crippen molar-refractivity contribution in [1.29, 1.82) is 0 Å². The molecule has 2 aliphatic rings. The van der Waals surface area contributed by atoms with E-state index < -0.39 is 36.3 Å². The molecule has 0 saturated heterocycles. The fourth-order valence-corrected chi connectivity index (χ4v) is 5.55. The van der Waals surface area contributed by atoms with Crippen LogP contribution in [0.2, 0.25) is 0 Å². The summed E-state index contributed by atoms with van der Waals surface area (Å²) in [4.78, 5) is 65.1. The number of carboxylic acid groups (broad SMARTS) is 1. The molecule has 1 heterocycles. The fraction of sp³-hybridized carbons (Fsp3) is 0.286. The Morgan fingerprint density at radius 3 is 2.23 bits per heavy atom. The average molecular weight is 645 g/mol. The van der Waals surface area contributed by atoms with Gasteiger partial charge < -0.3 is 15.7 Å². The second kappa shape index (κ2) is 13.5. The molecule has 0 fully saturated rings. The van der Waals surface area contributed by atoms with Crippen molar-refractivity contribution in [3.63, 3.8) is 0 Å². The highest BCUT2D eigenvalue weighted by Gasteiger charge is 2.39. The molecule has 5 amide bonds. The molecule has 0 saturated carbocycles. The summed E-state index contributed by atoms with van der Waals surface area (Å²) in [6.07, 6.45) is 6.49. The van der Waals surface area contributed by atoms with Crippen molar-refractivity contribution in [3.8, 4) is 0 Å². The van der Waals surface area contributed by atoms with E-state index in [1.165, 1.54) is 39.6 Å². The van der Waals surface area contributed by atoms with E-state index in [4.69, 9.17) is 5.11 Å². The number of amides is 5. The van der Waals surface area contributed by atoms with E-state index in [2.05, 4.69) is 11.4 Å². The van der Waals surface area contributed by atoms with Gasteiger partial charge in [-0.1, -0.05) is 30.3 Å². The summed E-state index contributed by atoms with van der Waals surface area (Å²) < 4.78 is 26.8. The van der Waals surface area contributed by atoms with Gasteiger partial charge >= 0.3 is 17.9 Å². The largest absolute Gasteiger partial charge is 0.477 e. The molecule has 3 N–H and O–H groups in total. The molecule has 1 aliphatic heterocycles. The number of carboxylic acids is 1. The van der Waals surface area contributed by atoms with Crippen LogP contribution in [0.5, 0.6) is 0 Å². The van der Waals surface area contributed by atoms with E-state index in [-0.39, 0.29) is 35.2 Å². The Balaban J connectivity index is 1.37. The number of carbonyl (C=O) groups excluding carboxylic acids is 4. The number of nitrogens with zero attached hydrogens (tertiary/aromatic N) is 2. The van der Waals surface area contributed by atoms with Crippen molar-refractivity contribution in [3.05, 3.63) is 101 Å². The summed E-state index contributed by atoms with van der Waals surface area (Å²) in [5.41, 5.74) is 4.31. The molecule has 0 bridgehead atoms. The molecule has 10 nitrogen and oxygen atoms in total. The number of rotatable bonds is 10. The summed E-state index contributed by atoms with van der Waals surface area (Å²) in [5, 5.41) is 13.3. The number of fused-ring (bicyclic) bond motifs is 1. The standard InChI is InChI=1S/C35H34F2N4O6/c1-21(2)41-31(43)28-17-14-26(18-29(28)32(41)44)39-34(47)40(27-15-12-24(13-16-27)23-6-4-3-5-7-23)19-22-8-10-25(11-9-22)30(42)38-20-35(36,37)33(45)46/h6,8-18,21H,3-5,7,19-20H2,1-2H3,(H,38,42)(H,39,47)(H,45,46). The number of allylic oxidation sites excluding steroid dienone is 2. The number of aliphatic carboxylic acids is 1. The van der Waals surface area contributed by atoms with Crippen LogP contribution in [-0.4, -0.2) is 58.2 Å². The van der Waals surface area contributed by atoms with Gasteiger partial charge in [0.25, 0.3) is 17.7 Å². The molecule has 47 heavy (non-hydrogen) atoms. The van der Waals surface area contributed by atoms with Crippen LogP contribution in [-0.2, 0) is 11.3 Å². The number of imide groups is 1. The molecule has 3 aromatic rings. The molecule has 12 heteroatoms. The van der Waals surface area contributed by atoms with Gasteiger partial charge in [-0.3, -0.25) is 24.2 Å². The highest BCUT2D eigenvalue weighted by molar-refractivity contribution is 6.22. The first-order valence-corrected chi connectivity index (χ1v) is 15.2. The van der Waals surface area contributed by atoms with Crippen LogP contribution in [0.15, 0.2) is 72.8 Å². The van der Waals surface area contributed by atoms with E-state index in [0.717, 1.165) is 31.2 Å². The third-order valence-corrected chi connectivity index (χ3v) is 8.11. The molecule has 0 spiro atoms. The lowest BCUT2D eigenvalue weighted by Crippen LogP contribution is -2.42. The third-order valence-electron chi connectivity index (χ3n) is 8.11. The summed E-state index contributed by atoms with van der Waals surface area (Å²) >= 11 is 0. The smallest absolute Gasteiger partial charge is 0.376 e. The number of hydrogen-bond acceptors (Lipinski definition) is 5. The minimum Gasteiger partial charge on any atom is -0.477 e. The quantitative estimate of drug-likeness (QED) is 0.221. The van der Waals surface area contributed by atoms with Crippen molar-refractivity contribution >= 4 is 46.7 Å². The van der Waals surface area contributed by atoms with Crippen LogP contribution >= 0.6 is 0 Å². The fourth-order valence-electron chi connectivity index (χ4n) is 5.55. The molecule has 244 valence electrons. The number of hydrogen-bond donors (Lipinski definition) is 3. The van der Waals surface area contributed by atoms with Gasteiger partial charge in [-0.25, -0.2) is 9.59 Å². The zero-order valence-electron chi connectivity index (χ0n) is 25.9. The SMILES string of the molecule is CC(C)N1C(=O)c2ccc(NC(=O)N(Cc3ccc(C(=O)NCC(F)(F)C(=O)O)cc3)c3ccc(C4=CCCCC4)cc3)cc2C1=O. The number of carbonyl (C=O) groups is 5. The number of benzene rings is 3. The molecule has 5 rings (SSSR count). The van der Waals surface area contributed by atoms with E-state index in [1.54, 1.807) is 32.0 Å². The van der Waals surface area contributed by atoms with Crippen LogP contribution in [0, 0.1) is 0 Å². The highest BCUT2D eigenvalue weighted by atomic mass is 19.3. The van der Waals surface area contributed by atoms with Crippen molar-refractivity contribution in [2.45, 2.75) is 58.0 Å². The summed E-state index contributed by atoms with van der Waals surface area (Å²) in [6.45, 7) is 2.18. The van der Waals surface area contributed by atoms with Gasteiger partial charge in [-0.2, -0.15) is 8.78 Å². The molecule has 0 unspecified atom stereocenters. The molecular formula is C35H34F2N4O6. The second-order valence-corrected chi connectivity index (χ2v) is 11.8. The molecule has 0 aromatic heterocycles. The normalized spacial score (nSPS) is 14.5. The van der Waals surface area contributed by atoms with Gasteiger partial charge in [0.1, 0.15) is 0 Å². The Morgan fingerprint density at radius 2 is 1.62 bits per heavy atom. The first kappa shape index (κ1) is 33.0. The summed E-state index contributed by atoms with van der Waals surface area (Å²) in [7, 11) is 0. The van der Waals surface area contributed by atoms with Crippen LogP contribution in [0.4, 0.5) is 25.0 Å². The van der Waals surface area contributed by atoms with Crippen molar-refractivity contribution in [2.75, 3.05) is 16.8 Å². The Hall–Kier alpha value is -5.39. The topological polar surface area (TPSA) is 136 Å². The number of urea groups is 1. The lowest BCUT2D eigenvalue weighted by Gasteiger charge is -2.24. The number of nitrogens with one attached hydrogen (secondary N) is 2. The second-order valence-electron chi connectivity index (χ2n) is 11.8. The Kier molecular flexibility index (Phi) is 9.50. The molecule has 3 aromatic carbocycles. The van der Waals surface area contributed by atoms with Gasteiger partial charge in [0, 0.05) is 23.0 Å². The Morgan fingerprint density at radius 1 is 0.936 bits per heavy atom. The third kappa shape index (κ3) is 7.21. The van der Waals surface area contributed by atoms with Crippen molar-refractivity contribution in [1.82, 2.24) is 10.2 Å². The number of halogens is 2. The minimum atomic E-state index is -4.11. The Labute approximate surface area is 270 Å². The van der Waals surface area contributed by atoms with Crippen LogP contribution < -0.4 is 15.5 Å². The monoisotopic (exact) mass is 644 g/mol. The van der Waals surface area contributed by atoms with Crippen LogP contribution in [0.1, 0.15) is 81.7 Å². The summed E-state index contributed by atoms with van der Waals surface area (Å²) in [6, 6.07) is 17.2. The zero-order valence-corrected chi connectivity index (χ0v) is 25.9. The van der Waals surface area contributed by atoms with E-state index in [1.807, 2.05) is 29.6 Å². The summed E-state index contributed by atoms with van der Waals surface area (Å²) in [5.74, 6) is -8.15. The maximum Gasteiger partial charge on any atom is 0.376 e. The number of anilines is 2. The minimum absolute atomic E-state index is 0.0313. The van der Waals surface area contributed by atoms with Gasteiger partial charge in [0.15, 0.2) is 0 Å². The van der Waals surface area contributed by atoms with E-state index in [9.17, 15) is 32.8 Å². The first-order chi connectivity index (χ1) is 22.4. The lowest BCUT2D eigenvalue weighted by molar-refractivity contribution is -0.163. The average Bonchev–Trinajstić information content (AvgIpc) is 3.31. The van der Waals surface area contributed by atoms with Gasteiger partial charge in [0.05, 0.1) is 24.2 Å².